The third-order valence-electron chi connectivity index (χ3n) is 2.49. The molecule has 0 radical (unpaired) electrons. The lowest BCUT2D eigenvalue weighted by molar-refractivity contribution is -0.138. The fourth-order valence-corrected chi connectivity index (χ4v) is 1.99. The van der Waals surface area contributed by atoms with Crippen LogP contribution in [-0.2, 0) is 4.74 Å². The molecule has 0 N–H and O–H groups in total. The first-order valence-corrected chi connectivity index (χ1v) is 6.08. The summed E-state index contributed by atoms with van der Waals surface area (Å²) in [5.41, 5.74) is 0. The van der Waals surface area contributed by atoms with E-state index in [0.717, 1.165) is 5.75 Å². The number of ether oxygens (including phenoxy) is 2. The molecule has 0 aliphatic heterocycles. The maximum absolute atomic E-state index is 6.28. The van der Waals surface area contributed by atoms with Gasteiger partial charge >= 0.3 is 0 Å². The van der Waals surface area contributed by atoms with Crippen molar-refractivity contribution in [1.29, 1.82) is 0 Å². The van der Waals surface area contributed by atoms with E-state index < -0.39 is 5.79 Å². The smallest absolute Gasteiger partial charge is 0.250 e. The Labute approximate surface area is 106 Å². The topological polar surface area (TPSA) is 18.5 Å². The van der Waals surface area contributed by atoms with Crippen LogP contribution in [0.1, 0.15) is 6.92 Å². The van der Waals surface area contributed by atoms with E-state index in [2.05, 4.69) is 0 Å². The highest BCUT2D eigenvalue weighted by atomic mass is 35.5. The van der Waals surface area contributed by atoms with E-state index in [4.69, 9.17) is 21.1 Å². The summed E-state index contributed by atoms with van der Waals surface area (Å²) in [6, 6.07) is 9.54. The minimum Gasteiger partial charge on any atom is -0.457 e. The number of benzene rings is 1. The molecular formula is C14H15ClO2. The molecule has 2 atom stereocenters. The summed E-state index contributed by atoms with van der Waals surface area (Å²) in [7, 11) is 0. The Morgan fingerprint density at radius 3 is 2.65 bits per heavy atom. The zero-order valence-corrected chi connectivity index (χ0v) is 10.4. The molecule has 17 heavy (non-hydrogen) atoms. The van der Waals surface area contributed by atoms with Gasteiger partial charge in [0.15, 0.2) is 0 Å². The van der Waals surface area contributed by atoms with Crippen molar-refractivity contribution in [3.8, 4) is 5.75 Å². The number of allylic oxidation sites excluding steroid dienone is 2. The quantitative estimate of drug-likeness (QED) is 0.601. The number of halogens is 1. The second-order valence-corrected chi connectivity index (χ2v) is 4.19. The molecule has 0 saturated heterocycles. The monoisotopic (exact) mass is 250 g/mol. The number of para-hydroxylation sites is 1. The predicted octanol–water partition coefficient (Wildman–Crippen LogP) is 3.53. The van der Waals surface area contributed by atoms with Gasteiger partial charge in [0, 0.05) is 6.61 Å². The Hall–Kier alpha value is -1.25. The fraction of sp³-hybridized carbons (Fsp3) is 0.286. The van der Waals surface area contributed by atoms with Gasteiger partial charge in [-0.05, 0) is 25.1 Å². The van der Waals surface area contributed by atoms with Crippen LogP contribution in [0.4, 0.5) is 0 Å². The van der Waals surface area contributed by atoms with Crippen molar-refractivity contribution in [2.75, 3.05) is 6.61 Å². The van der Waals surface area contributed by atoms with Gasteiger partial charge in [0.1, 0.15) is 11.1 Å². The Bertz CT molecular complexity index is 413. The minimum atomic E-state index is -0.910. The molecule has 90 valence electrons. The Morgan fingerprint density at radius 2 is 2.00 bits per heavy atom. The number of rotatable bonds is 4. The summed E-state index contributed by atoms with van der Waals surface area (Å²) >= 11 is 6.28. The second-order valence-electron chi connectivity index (χ2n) is 3.72. The molecule has 0 fully saturated rings. The molecular weight excluding hydrogens is 236 g/mol. The average Bonchev–Trinajstić information content (AvgIpc) is 2.35. The van der Waals surface area contributed by atoms with Crippen LogP contribution in [0.2, 0.25) is 0 Å². The highest BCUT2D eigenvalue weighted by Gasteiger charge is 2.38. The molecule has 0 amide bonds. The van der Waals surface area contributed by atoms with Crippen LogP contribution < -0.4 is 4.74 Å². The van der Waals surface area contributed by atoms with E-state index >= 15 is 0 Å². The van der Waals surface area contributed by atoms with Gasteiger partial charge in [-0.15, -0.1) is 11.6 Å². The van der Waals surface area contributed by atoms with Crippen molar-refractivity contribution < 1.29 is 9.47 Å². The summed E-state index contributed by atoms with van der Waals surface area (Å²) in [6.07, 6.45) is 7.49. The number of hydrogen-bond acceptors (Lipinski definition) is 2. The van der Waals surface area contributed by atoms with Gasteiger partial charge in [-0.1, -0.05) is 36.4 Å². The largest absolute Gasteiger partial charge is 0.457 e. The van der Waals surface area contributed by atoms with Crippen molar-refractivity contribution in [2.45, 2.75) is 18.1 Å². The van der Waals surface area contributed by atoms with E-state index in [1.54, 1.807) is 0 Å². The highest BCUT2D eigenvalue weighted by Crippen LogP contribution is 2.30. The van der Waals surface area contributed by atoms with Gasteiger partial charge in [0.05, 0.1) is 0 Å². The predicted molar refractivity (Wildman–Crippen MR) is 69.3 cm³/mol. The fourth-order valence-electron chi connectivity index (χ4n) is 1.72. The summed E-state index contributed by atoms with van der Waals surface area (Å²) in [4.78, 5) is 0. The lowest BCUT2D eigenvalue weighted by Crippen LogP contribution is -2.46. The van der Waals surface area contributed by atoms with Gasteiger partial charge in [-0.2, -0.15) is 0 Å². The number of alkyl halides is 1. The second kappa shape index (κ2) is 5.39. The van der Waals surface area contributed by atoms with Crippen molar-refractivity contribution in [3.05, 3.63) is 54.6 Å². The molecule has 0 saturated carbocycles. The molecule has 3 heteroatoms. The van der Waals surface area contributed by atoms with E-state index in [1.807, 2.05) is 61.6 Å². The van der Waals surface area contributed by atoms with Crippen LogP contribution in [0.5, 0.6) is 5.75 Å². The van der Waals surface area contributed by atoms with Crippen molar-refractivity contribution in [2.24, 2.45) is 0 Å². The summed E-state index contributed by atoms with van der Waals surface area (Å²) in [5.74, 6) is -0.168. The molecule has 1 aliphatic rings. The van der Waals surface area contributed by atoms with E-state index in [0.29, 0.717) is 6.61 Å². The van der Waals surface area contributed by atoms with E-state index in [1.165, 1.54) is 0 Å². The van der Waals surface area contributed by atoms with Gasteiger partial charge in [0.2, 0.25) is 0 Å². The Balaban J connectivity index is 2.23. The first-order chi connectivity index (χ1) is 8.27. The van der Waals surface area contributed by atoms with Crippen LogP contribution in [0, 0.1) is 0 Å². The van der Waals surface area contributed by atoms with Crippen LogP contribution in [0.25, 0.3) is 0 Å². The lowest BCUT2D eigenvalue weighted by atomic mass is 10.1. The standard InChI is InChI=1S/C14H15ClO2/c1-2-16-14(11-7-6-10-13(14)15)17-12-8-4-3-5-9-12/h3-11,13H,2H2,1H3. The van der Waals surface area contributed by atoms with Crippen molar-refractivity contribution in [1.82, 2.24) is 0 Å². The maximum Gasteiger partial charge on any atom is 0.250 e. The van der Waals surface area contributed by atoms with Gasteiger partial charge in [0.25, 0.3) is 5.79 Å². The molecule has 2 unspecified atom stereocenters. The van der Waals surface area contributed by atoms with Crippen molar-refractivity contribution in [3.63, 3.8) is 0 Å². The molecule has 2 rings (SSSR count). The highest BCUT2D eigenvalue weighted by molar-refractivity contribution is 6.22. The summed E-state index contributed by atoms with van der Waals surface area (Å²) < 4.78 is 11.6. The molecule has 1 aliphatic carbocycles. The molecule has 1 aromatic rings. The van der Waals surface area contributed by atoms with Crippen LogP contribution in [0.3, 0.4) is 0 Å². The van der Waals surface area contributed by atoms with Crippen LogP contribution in [-0.4, -0.2) is 17.8 Å². The zero-order valence-electron chi connectivity index (χ0n) is 9.68. The molecule has 0 spiro atoms. The molecule has 0 bridgehead atoms. The number of hydrogen-bond donors (Lipinski definition) is 0. The zero-order chi connectivity index (χ0) is 12.1. The first-order valence-electron chi connectivity index (χ1n) is 5.65. The third-order valence-corrected chi connectivity index (χ3v) is 2.94. The maximum atomic E-state index is 6.28. The normalized spacial score (nSPS) is 27.1. The van der Waals surface area contributed by atoms with Gasteiger partial charge < -0.3 is 9.47 Å². The molecule has 0 aromatic heterocycles. The summed E-state index contributed by atoms with van der Waals surface area (Å²) in [5, 5.41) is -0.340. The Morgan fingerprint density at radius 1 is 1.24 bits per heavy atom. The lowest BCUT2D eigenvalue weighted by Gasteiger charge is -2.35. The first kappa shape index (κ1) is 12.2. The van der Waals surface area contributed by atoms with Crippen LogP contribution in [0.15, 0.2) is 54.6 Å². The minimum absolute atomic E-state index is 0.340. The van der Waals surface area contributed by atoms with Gasteiger partial charge in [-0.25, -0.2) is 0 Å². The summed E-state index contributed by atoms with van der Waals surface area (Å²) in [6.45, 7) is 2.46. The molecule has 2 nitrogen and oxygen atoms in total. The third kappa shape index (κ3) is 2.71. The van der Waals surface area contributed by atoms with Gasteiger partial charge in [-0.3, -0.25) is 0 Å². The Kier molecular flexibility index (Phi) is 3.87. The van der Waals surface area contributed by atoms with Crippen molar-refractivity contribution >= 4 is 11.6 Å². The SMILES string of the molecule is CCOC1(Oc2ccccc2)C=CC=CC1Cl. The molecule has 1 aromatic carbocycles. The van der Waals surface area contributed by atoms with E-state index in [9.17, 15) is 0 Å². The van der Waals surface area contributed by atoms with Crippen LogP contribution >= 0.6 is 11.6 Å². The molecule has 0 heterocycles. The average molecular weight is 251 g/mol. The van der Waals surface area contributed by atoms with E-state index in [-0.39, 0.29) is 5.38 Å².